The Morgan fingerprint density at radius 2 is 1.65 bits per heavy atom. The SMILES string of the molecule is CCc1ccc(NC(=O)CCN(c2ccccc2CC)S(C)(=O)=O)cc1. The molecule has 0 heterocycles. The lowest BCUT2D eigenvalue weighted by Crippen LogP contribution is -2.33. The third-order valence-electron chi connectivity index (χ3n) is 4.23. The maximum atomic E-state index is 12.3. The summed E-state index contributed by atoms with van der Waals surface area (Å²) >= 11 is 0. The van der Waals surface area contributed by atoms with Crippen molar-refractivity contribution in [3.63, 3.8) is 0 Å². The predicted octanol–water partition coefficient (Wildman–Crippen LogP) is 3.61. The standard InChI is InChI=1S/C20H26N2O3S/c1-4-16-10-12-18(13-11-16)21-20(23)14-15-22(26(3,24)25)19-9-7-6-8-17(19)5-2/h6-13H,4-5,14-15H2,1-3H3,(H,21,23). The zero-order valence-electron chi connectivity index (χ0n) is 15.5. The molecule has 2 rings (SSSR count). The molecule has 26 heavy (non-hydrogen) atoms. The van der Waals surface area contributed by atoms with E-state index in [9.17, 15) is 13.2 Å². The van der Waals surface area contributed by atoms with E-state index in [1.165, 1.54) is 16.1 Å². The van der Waals surface area contributed by atoms with E-state index in [1.807, 2.05) is 49.4 Å². The van der Waals surface area contributed by atoms with Gasteiger partial charge in [0.25, 0.3) is 0 Å². The van der Waals surface area contributed by atoms with Crippen molar-refractivity contribution in [2.45, 2.75) is 33.1 Å². The number of sulfonamides is 1. The first kappa shape index (κ1) is 20.0. The second kappa shape index (κ2) is 8.85. The Morgan fingerprint density at radius 3 is 2.23 bits per heavy atom. The van der Waals surface area contributed by atoms with E-state index in [1.54, 1.807) is 6.07 Å². The first-order chi connectivity index (χ1) is 12.3. The third kappa shape index (κ3) is 5.33. The molecule has 0 spiro atoms. The largest absolute Gasteiger partial charge is 0.326 e. The number of rotatable bonds is 8. The fourth-order valence-corrected chi connectivity index (χ4v) is 3.73. The normalized spacial score (nSPS) is 11.2. The van der Waals surface area contributed by atoms with Crippen LogP contribution in [0.5, 0.6) is 0 Å². The van der Waals surface area contributed by atoms with Crippen LogP contribution in [0.3, 0.4) is 0 Å². The van der Waals surface area contributed by atoms with Crippen LogP contribution in [0.25, 0.3) is 0 Å². The number of para-hydroxylation sites is 1. The molecule has 6 heteroatoms. The molecular formula is C20H26N2O3S. The fourth-order valence-electron chi connectivity index (χ4n) is 2.77. The quantitative estimate of drug-likeness (QED) is 0.768. The number of carbonyl (C=O) groups excluding carboxylic acids is 1. The smallest absolute Gasteiger partial charge is 0.232 e. The van der Waals surface area contributed by atoms with Gasteiger partial charge in [0.15, 0.2) is 0 Å². The molecule has 0 atom stereocenters. The average Bonchev–Trinajstić information content (AvgIpc) is 2.61. The van der Waals surface area contributed by atoms with Crippen molar-refractivity contribution in [2.75, 3.05) is 22.4 Å². The van der Waals surface area contributed by atoms with Crippen molar-refractivity contribution in [3.05, 3.63) is 59.7 Å². The van der Waals surface area contributed by atoms with Crippen LogP contribution in [0.1, 0.15) is 31.4 Å². The van der Waals surface area contributed by atoms with Crippen molar-refractivity contribution in [2.24, 2.45) is 0 Å². The second-order valence-corrected chi connectivity index (χ2v) is 8.07. The molecule has 0 saturated carbocycles. The van der Waals surface area contributed by atoms with Crippen LogP contribution in [0.4, 0.5) is 11.4 Å². The van der Waals surface area contributed by atoms with Crippen LogP contribution in [-0.2, 0) is 27.7 Å². The van der Waals surface area contributed by atoms with Crippen LogP contribution in [-0.4, -0.2) is 27.1 Å². The summed E-state index contributed by atoms with van der Waals surface area (Å²) in [4.78, 5) is 12.3. The molecule has 2 aromatic carbocycles. The van der Waals surface area contributed by atoms with Gasteiger partial charge in [-0.2, -0.15) is 0 Å². The predicted molar refractivity (Wildman–Crippen MR) is 107 cm³/mol. The summed E-state index contributed by atoms with van der Waals surface area (Å²) in [5.74, 6) is -0.211. The minimum Gasteiger partial charge on any atom is -0.326 e. The van der Waals surface area contributed by atoms with Crippen LogP contribution < -0.4 is 9.62 Å². The highest BCUT2D eigenvalue weighted by atomic mass is 32.2. The van der Waals surface area contributed by atoms with Gasteiger partial charge in [0.2, 0.25) is 15.9 Å². The van der Waals surface area contributed by atoms with Gasteiger partial charge in [-0.3, -0.25) is 9.10 Å². The highest BCUT2D eigenvalue weighted by Crippen LogP contribution is 2.23. The minimum absolute atomic E-state index is 0.0840. The molecule has 5 nitrogen and oxygen atoms in total. The first-order valence-electron chi connectivity index (χ1n) is 8.79. The molecule has 0 aliphatic heterocycles. The Morgan fingerprint density at radius 1 is 1.00 bits per heavy atom. The maximum absolute atomic E-state index is 12.3. The molecule has 1 N–H and O–H groups in total. The van der Waals surface area contributed by atoms with Crippen molar-refractivity contribution in [1.82, 2.24) is 0 Å². The lowest BCUT2D eigenvalue weighted by molar-refractivity contribution is -0.116. The van der Waals surface area contributed by atoms with E-state index in [-0.39, 0.29) is 18.9 Å². The van der Waals surface area contributed by atoms with Crippen LogP contribution in [0, 0.1) is 0 Å². The molecule has 140 valence electrons. The number of anilines is 2. The number of carbonyl (C=O) groups is 1. The summed E-state index contributed by atoms with van der Waals surface area (Å²) in [7, 11) is -3.47. The van der Waals surface area contributed by atoms with Crippen molar-refractivity contribution in [3.8, 4) is 0 Å². The van der Waals surface area contributed by atoms with Crippen molar-refractivity contribution < 1.29 is 13.2 Å². The Kier molecular flexibility index (Phi) is 6.80. The summed E-state index contributed by atoms with van der Waals surface area (Å²) < 4.78 is 25.8. The summed E-state index contributed by atoms with van der Waals surface area (Å²) in [6.45, 7) is 4.15. The maximum Gasteiger partial charge on any atom is 0.232 e. The van der Waals surface area contributed by atoms with Crippen LogP contribution in [0.2, 0.25) is 0 Å². The van der Waals surface area contributed by atoms with Gasteiger partial charge in [0, 0.05) is 18.7 Å². The van der Waals surface area contributed by atoms with Crippen LogP contribution in [0.15, 0.2) is 48.5 Å². The average molecular weight is 375 g/mol. The molecule has 0 aromatic heterocycles. The van der Waals surface area contributed by atoms with Crippen molar-refractivity contribution in [1.29, 1.82) is 0 Å². The number of nitrogens with zero attached hydrogens (tertiary/aromatic N) is 1. The Hall–Kier alpha value is -2.34. The molecule has 0 fully saturated rings. The lowest BCUT2D eigenvalue weighted by atomic mass is 10.1. The monoisotopic (exact) mass is 374 g/mol. The summed E-state index contributed by atoms with van der Waals surface area (Å²) in [6, 6.07) is 15.0. The summed E-state index contributed by atoms with van der Waals surface area (Å²) in [5, 5.41) is 2.82. The number of benzene rings is 2. The van der Waals surface area contributed by atoms with Gasteiger partial charge in [-0.05, 0) is 42.2 Å². The van der Waals surface area contributed by atoms with E-state index < -0.39 is 10.0 Å². The van der Waals surface area contributed by atoms with Gasteiger partial charge in [-0.1, -0.05) is 44.2 Å². The molecule has 0 aliphatic carbocycles. The van der Waals surface area contributed by atoms with Gasteiger partial charge in [-0.15, -0.1) is 0 Å². The van der Waals surface area contributed by atoms with Gasteiger partial charge < -0.3 is 5.32 Å². The number of aryl methyl sites for hydroxylation is 2. The molecule has 0 radical (unpaired) electrons. The Bertz CT molecular complexity index is 846. The topological polar surface area (TPSA) is 66.5 Å². The highest BCUT2D eigenvalue weighted by Gasteiger charge is 2.20. The summed E-state index contributed by atoms with van der Waals surface area (Å²) in [5.41, 5.74) is 3.49. The molecule has 0 bridgehead atoms. The number of nitrogens with one attached hydrogen (secondary N) is 1. The number of hydrogen-bond donors (Lipinski definition) is 1. The molecular weight excluding hydrogens is 348 g/mol. The van der Waals surface area contributed by atoms with Gasteiger partial charge in [-0.25, -0.2) is 8.42 Å². The van der Waals surface area contributed by atoms with Crippen molar-refractivity contribution >= 4 is 27.3 Å². The number of amides is 1. The van der Waals surface area contributed by atoms with E-state index in [2.05, 4.69) is 12.2 Å². The molecule has 0 unspecified atom stereocenters. The first-order valence-corrected chi connectivity index (χ1v) is 10.6. The Labute approximate surface area is 156 Å². The number of hydrogen-bond acceptors (Lipinski definition) is 3. The molecule has 1 amide bonds. The van der Waals surface area contributed by atoms with Gasteiger partial charge in [0.05, 0.1) is 11.9 Å². The van der Waals surface area contributed by atoms with Crippen LogP contribution >= 0.6 is 0 Å². The minimum atomic E-state index is -3.47. The third-order valence-corrected chi connectivity index (χ3v) is 5.41. The Balaban J connectivity index is 2.08. The molecule has 2 aromatic rings. The van der Waals surface area contributed by atoms with E-state index in [4.69, 9.17) is 0 Å². The van der Waals surface area contributed by atoms with Gasteiger partial charge >= 0.3 is 0 Å². The fraction of sp³-hybridized carbons (Fsp3) is 0.350. The molecule has 0 saturated heterocycles. The zero-order chi connectivity index (χ0) is 19.2. The second-order valence-electron chi connectivity index (χ2n) is 6.17. The zero-order valence-corrected chi connectivity index (χ0v) is 16.3. The van der Waals surface area contributed by atoms with Gasteiger partial charge in [0.1, 0.15) is 0 Å². The summed E-state index contributed by atoms with van der Waals surface area (Å²) in [6.07, 6.45) is 2.91. The lowest BCUT2D eigenvalue weighted by Gasteiger charge is -2.24. The van der Waals surface area contributed by atoms with E-state index in [0.717, 1.165) is 18.4 Å². The molecule has 0 aliphatic rings. The highest BCUT2D eigenvalue weighted by molar-refractivity contribution is 7.92. The van der Waals surface area contributed by atoms with E-state index in [0.29, 0.717) is 11.4 Å². The van der Waals surface area contributed by atoms with E-state index >= 15 is 0 Å².